The molecule has 0 radical (unpaired) electrons. The minimum Gasteiger partial charge on any atom is -0.506 e. The third-order valence-corrected chi connectivity index (χ3v) is 2.81. The van der Waals surface area contributed by atoms with Gasteiger partial charge in [0.05, 0.1) is 11.6 Å². The molecule has 0 heterocycles. The molecule has 1 amide bonds. The SMILES string of the molecule is O=C(CNc1cccc(F)c1)Nc1ccc(O)c(Cl)c1. The van der Waals surface area contributed by atoms with Crippen molar-refractivity contribution in [2.24, 2.45) is 0 Å². The zero-order chi connectivity index (χ0) is 14.5. The molecule has 2 aromatic rings. The maximum absolute atomic E-state index is 12.9. The number of carbonyl (C=O) groups excluding carboxylic acids is 1. The van der Waals surface area contributed by atoms with E-state index in [4.69, 9.17) is 11.6 Å². The van der Waals surface area contributed by atoms with E-state index in [9.17, 15) is 14.3 Å². The van der Waals surface area contributed by atoms with Crippen LogP contribution in [0.1, 0.15) is 0 Å². The van der Waals surface area contributed by atoms with Gasteiger partial charge in [-0.1, -0.05) is 17.7 Å². The number of halogens is 2. The molecule has 0 aliphatic carbocycles. The highest BCUT2D eigenvalue weighted by atomic mass is 35.5. The molecule has 3 N–H and O–H groups in total. The van der Waals surface area contributed by atoms with E-state index in [0.717, 1.165) is 0 Å². The first-order valence-electron chi connectivity index (χ1n) is 5.82. The number of anilines is 2. The number of phenolic OH excluding ortho intramolecular Hbond substituents is 1. The second-order valence-electron chi connectivity index (χ2n) is 4.08. The minimum atomic E-state index is -0.374. The van der Waals surface area contributed by atoms with Crippen LogP contribution in [0.2, 0.25) is 5.02 Å². The lowest BCUT2D eigenvalue weighted by Gasteiger charge is -2.08. The van der Waals surface area contributed by atoms with E-state index in [2.05, 4.69) is 10.6 Å². The summed E-state index contributed by atoms with van der Waals surface area (Å²) in [6, 6.07) is 10.2. The number of nitrogens with one attached hydrogen (secondary N) is 2. The van der Waals surface area contributed by atoms with Gasteiger partial charge in [0.15, 0.2) is 0 Å². The van der Waals surface area contributed by atoms with Crippen LogP contribution in [0.15, 0.2) is 42.5 Å². The van der Waals surface area contributed by atoms with Gasteiger partial charge in [-0.2, -0.15) is 0 Å². The third kappa shape index (κ3) is 3.86. The van der Waals surface area contributed by atoms with Crippen LogP contribution in [0, 0.1) is 5.82 Å². The molecule has 6 heteroatoms. The lowest BCUT2D eigenvalue weighted by Crippen LogP contribution is -2.21. The fraction of sp³-hybridized carbons (Fsp3) is 0.0714. The zero-order valence-electron chi connectivity index (χ0n) is 10.4. The van der Waals surface area contributed by atoms with Crippen molar-refractivity contribution in [3.8, 4) is 5.75 Å². The number of carbonyl (C=O) groups is 1. The molecule has 0 aliphatic heterocycles. The van der Waals surface area contributed by atoms with Crippen molar-refractivity contribution in [2.45, 2.75) is 0 Å². The molecule has 0 aliphatic rings. The fourth-order valence-electron chi connectivity index (χ4n) is 1.57. The van der Waals surface area contributed by atoms with Gasteiger partial charge in [-0.3, -0.25) is 4.79 Å². The predicted molar refractivity (Wildman–Crippen MR) is 76.6 cm³/mol. The van der Waals surface area contributed by atoms with E-state index in [1.807, 2.05) is 0 Å². The first-order chi connectivity index (χ1) is 9.54. The van der Waals surface area contributed by atoms with Crippen LogP contribution in [0.25, 0.3) is 0 Å². The number of amides is 1. The van der Waals surface area contributed by atoms with E-state index < -0.39 is 0 Å². The number of phenols is 1. The Bertz CT molecular complexity index is 634. The Kier molecular flexibility index (Phi) is 4.42. The van der Waals surface area contributed by atoms with Crippen LogP contribution >= 0.6 is 11.6 Å². The van der Waals surface area contributed by atoms with Crippen LogP contribution < -0.4 is 10.6 Å². The number of hydrogen-bond acceptors (Lipinski definition) is 3. The Morgan fingerprint density at radius 3 is 2.70 bits per heavy atom. The van der Waals surface area contributed by atoms with Gasteiger partial charge in [0, 0.05) is 11.4 Å². The summed E-state index contributed by atoms with van der Waals surface area (Å²) in [6.07, 6.45) is 0. The molecule has 0 fully saturated rings. The molecule has 20 heavy (non-hydrogen) atoms. The zero-order valence-corrected chi connectivity index (χ0v) is 11.1. The fourth-order valence-corrected chi connectivity index (χ4v) is 1.75. The molecule has 4 nitrogen and oxygen atoms in total. The predicted octanol–water partition coefficient (Wildman–Crippen LogP) is 3.24. The molecular formula is C14H12ClFN2O2. The summed E-state index contributed by atoms with van der Waals surface area (Å²) < 4.78 is 12.9. The van der Waals surface area contributed by atoms with Crippen molar-refractivity contribution < 1.29 is 14.3 Å². The van der Waals surface area contributed by atoms with E-state index >= 15 is 0 Å². The number of benzene rings is 2. The van der Waals surface area contributed by atoms with Crippen LogP contribution in [0.3, 0.4) is 0 Å². The summed E-state index contributed by atoms with van der Waals surface area (Å²) in [5.74, 6) is -0.737. The normalized spacial score (nSPS) is 10.1. The van der Waals surface area contributed by atoms with Gasteiger partial charge in [-0.25, -0.2) is 4.39 Å². The molecule has 0 spiro atoms. The average Bonchev–Trinajstić information content (AvgIpc) is 2.41. The average molecular weight is 295 g/mol. The van der Waals surface area contributed by atoms with E-state index in [1.54, 1.807) is 12.1 Å². The topological polar surface area (TPSA) is 61.4 Å². The quantitative estimate of drug-likeness (QED) is 0.759. The van der Waals surface area contributed by atoms with Crippen molar-refractivity contribution in [2.75, 3.05) is 17.2 Å². The van der Waals surface area contributed by atoms with Crippen LogP contribution in [0.4, 0.5) is 15.8 Å². The Balaban J connectivity index is 1.91. The highest BCUT2D eigenvalue weighted by molar-refractivity contribution is 6.32. The molecule has 0 unspecified atom stereocenters. The Hall–Kier alpha value is -2.27. The van der Waals surface area contributed by atoms with Crippen molar-refractivity contribution in [1.82, 2.24) is 0 Å². The van der Waals surface area contributed by atoms with E-state index in [-0.39, 0.29) is 29.0 Å². The highest BCUT2D eigenvalue weighted by Gasteiger charge is 2.05. The summed E-state index contributed by atoms with van der Waals surface area (Å²) in [5, 5.41) is 14.8. The van der Waals surface area contributed by atoms with Gasteiger partial charge in [0.25, 0.3) is 0 Å². The lowest BCUT2D eigenvalue weighted by atomic mass is 10.3. The first kappa shape index (κ1) is 14.1. The van der Waals surface area contributed by atoms with Crippen molar-refractivity contribution in [3.63, 3.8) is 0 Å². The molecule has 0 saturated heterocycles. The number of hydrogen-bond donors (Lipinski definition) is 3. The first-order valence-corrected chi connectivity index (χ1v) is 6.20. The van der Waals surface area contributed by atoms with Gasteiger partial charge in [0.2, 0.25) is 5.91 Å². The lowest BCUT2D eigenvalue weighted by molar-refractivity contribution is -0.114. The van der Waals surface area contributed by atoms with Crippen LogP contribution in [-0.4, -0.2) is 17.6 Å². The van der Waals surface area contributed by atoms with Crippen molar-refractivity contribution in [1.29, 1.82) is 0 Å². The second-order valence-corrected chi connectivity index (χ2v) is 4.49. The van der Waals surface area contributed by atoms with Gasteiger partial charge >= 0.3 is 0 Å². The molecule has 0 bridgehead atoms. The van der Waals surface area contributed by atoms with Crippen LogP contribution in [-0.2, 0) is 4.79 Å². The Labute approximate surface area is 120 Å². The maximum Gasteiger partial charge on any atom is 0.243 e. The summed E-state index contributed by atoms with van der Waals surface area (Å²) >= 11 is 5.73. The third-order valence-electron chi connectivity index (χ3n) is 2.51. The summed E-state index contributed by atoms with van der Waals surface area (Å²) in [6.45, 7) is -0.0120. The Morgan fingerprint density at radius 1 is 1.20 bits per heavy atom. The summed E-state index contributed by atoms with van der Waals surface area (Å²) in [5.41, 5.74) is 0.989. The van der Waals surface area contributed by atoms with Gasteiger partial charge in [-0.15, -0.1) is 0 Å². The highest BCUT2D eigenvalue weighted by Crippen LogP contribution is 2.25. The number of aromatic hydroxyl groups is 1. The molecule has 2 rings (SSSR count). The smallest absolute Gasteiger partial charge is 0.243 e. The number of rotatable bonds is 4. The summed E-state index contributed by atoms with van der Waals surface area (Å²) in [7, 11) is 0. The van der Waals surface area contributed by atoms with Crippen molar-refractivity contribution >= 4 is 28.9 Å². The van der Waals surface area contributed by atoms with Gasteiger partial charge < -0.3 is 15.7 Å². The standard InChI is InChI=1S/C14H12ClFN2O2/c15-12-7-11(4-5-13(12)19)18-14(20)8-17-10-3-1-2-9(16)6-10/h1-7,17,19H,8H2,(H,18,20). The monoisotopic (exact) mass is 294 g/mol. The molecular weight excluding hydrogens is 283 g/mol. The largest absolute Gasteiger partial charge is 0.506 e. The summed E-state index contributed by atoms with van der Waals surface area (Å²) in [4.78, 5) is 11.7. The van der Waals surface area contributed by atoms with Gasteiger partial charge in [0.1, 0.15) is 11.6 Å². The second kappa shape index (κ2) is 6.25. The molecule has 2 aromatic carbocycles. The minimum absolute atomic E-state index is 0.0120. The van der Waals surface area contributed by atoms with E-state index in [1.165, 1.54) is 30.3 Å². The Morgan fingerprint density at radius 2 is 2.00 bits per heavy atom. The maximum atomic E-state index is 12.9. The van der Waals surface area contributed by atoms with Crippen LogP contribution in [0.5, 0.6) is 5.75 Å². The molecule has 0 atom stereocenters. The van der Waals surface area contributed by atoms with Gasteiger partial charge in [-0.05, 0) is 36.4 Å². The van der Waals surface area contributed by atoms with E-state index in [0.29, 0.717) is 11.4 Å². The molecule has 0 saturated carbocycles. The molecule has 0 aromatic heterocycles. The molecule has 104 valence electrons. The van der Waals surface area contributed by atoms with Crippen molar-refractivity contribution in [3.05, 3.63) is 53.3 Å².